The van der Waals surface area contributed by atoms with Gasteiger partial charge in [-0.05, 0) is 42.0 Å². The lowest BCUT2D eigenvalue weighted by Crippen LogP contribution is -2.46. The third-order valence-electron chi connectivity index (χ3n) is 7.65. The fourth-order valence-corrected chi connectivity index (χ4v) is 5.45. The zero-order valence-electron chi connectivity index (χ0n) is 23.7. The highest BCUT2D eigenvalue weighted by molar-refractivity contribution is 5.88. The molecule has 12 heteroatoms. The molecular formula is C30H37FN2O9. The maximum Gasteiger partial charge on any atom is 0.336 e. The molecule has 1 spiro atoms. The highest BCUT2D eigenvalue weighted by Gasteiger charge is 2.43. The number of amides is 1. The second kappa shape index (κ2) is 13.9. The number of piperidine rings is 1. The van der Waals surface area contributed by atoms with Crippen molar-refractivity contribution in [1.29, 1.82) is 0 Å². The van der Waals surface area contributed by atoms with Crippen LogP contribution in [0.15, 0.2) is 48.5 Å². The van der Waals surface area contributed by atoms with Crippen LogP contribution in [-0.2, 0) is 42.5 Å². The van der Waals surface area contributed by atoms with Gasteiger partial charge in [0.25, 0.3) is 0 Å². The first-order valence-corrected chi connectivity index (χ1v) is 13.5. The van der Waals surface area contributed by atoms with Crippen LogP contribution in [0.5, 0.6) is 0 Å². The molecule has 2 aliphatic rings. The minimum atomic E-state index is -2.74. The van der Waals surface area contributed by atoms with E-state index >= 15 is 0 Å². The number of carbonyl (C=O) groups excluding carboxylic acids is 1. The summed E-state index contributed by atoms with van der Waals surface area (Å²) in [5.74, 6) is -5.46. The molecule has 0 saturated carbocycles. The number of benzene rings is 2. The second-order valence-corrected chi connectivity index (χ2v) is 10.9. The third-order valence-corrected chi connectivity index (χ3v) is 7.65. The molecule has 0 aromatic heterocycles. The summed E-state index contributed by atoms with van der Waals surface area (Å²) in [6.07, 6.45) is -0.0207. The van der Waals surface area contributed by atoms with Crippen molar-refractivity contribution in [2.24, 2.45) is 5.92 Å². The Morgan fingerprint density at radius 1 is 0.976 bits per heavy atom. The quantitative estimate of drug-likeness (QED) is 0.324. The molecular weight excluding hydrogens is 551 g/mol. The molecule has 228 valence electrons. The van der Waals surface area contributed by atoms with E-state index in [9.17, 15) is 23.6 Å². The zero-order valence-corrected chi connectivity index (χ0v) is 23.7. The molecule has 0 bridgehead atoms. The number of aliphatic hydroxyl groups is 1. The van der Waals surface area contributed by atoms with Crippen LogP contribution in [0.3, 0.4) is 0 Å². The molecule has 2 aromatic carbocycles. The summed E-state index contributed by atoms with van der Waals surface area (Å²) in [4.78, 5) is 47.2. The molecule has 2 heterocycles. The zero-order chi connectivity index (χ0) is 31.1. The molecule has 11 nitrogen and oxygen atoms in total. The number of aliphatic carboxylic acids is 3. The van der Waals surface area contributed by atoms with Crippen LogP contribution in [0.2, 0.25) is 0 Å². The van der Waals surface area contributed by atoms with Gasteiger partial charge in [0.05, 0.1) is 31.0 Å². The fraction of sp³-hybridized carbons (Fsp3) is 0.467. The highest BCUT2D eigenvalue weighted by atomic mass is 19.1. The highest BCUT2D eigenvalue weighted by Crippen LogP contribution is 2.44. The fourth-order valence-electron chi connectivity index (χ4n) is 5.45. The van der Waals surface area contributed by atoms with Gasteiger partial charge in [-0.25, -0.2) is 9.18 Å². The van der Waals surface area contributed by atoms with Crippen LogP contribution >= 0.6 is 0 Å². The monoisotopic (exact) mass is 588 g/mol. The van der Waals surface area contributed by atoms with Crippen LogP contribution in [0.1, 0.15) is 42.4 Å². The van der Waals surface area contributed by atoms with Crippen LogP contribution in [0.25, 0.3) is 0 Å². The van der Waals surface area contributed by atoms with E-state index in [1.54, 1.807) is 31.1 Å². The number of fused-ring (bicyclic) bond motifs is 2. The largest absolute Gasteiger partial charge is 0.481 e. The van der Waals surface area contributed by atoms with Gasteiger partial charge < -0.3 is 35.0 Å². The molecule has 4 rings (SSSR count). The standard InChI is InChI=1S/C24H29FN2O2.C6H8O7/c1-26(2)23(28)20(15-18-7-4-6-10-22(18)25)16-27-13-11-24(12-14-27)21-9-5-3-8-19(21)17-29-24;7-3(8)1-6(13,5(11)12)2-4(9)10/h3-10,20H,11-17H2,1-2H3;13H,1-2H2,(H,7,8)(H,9,10)(H,11,12). The maximum absolute atomic E-state index is 14.2. The summed E-state index contributed by atoms with van der Waals surface area (Å²) in [5.41, 5.74) is 0.305. The average molecular weight is 589 g/mol. The minimum absolute atomic E-state index is 0.0519. The molecule has 4 N–H and O–H groups in total. The minimum Gasteiger partial charge on any atom is -0.481 e. The lowest BCUT2D eigenvalue weighted by atomic mass is 9.83. The molecule has 1 amide bonds. The molecule has 1 atom stereocenters. The first-order valence-electron chi connectivity index (χ1n) is 13.5. The molecule has 1 fully saturated rings. The number of hydrogen-bond donors (Lipinski definition) is 4. The normalized spacial score (nSPS) is 16.6. The molecule has 1 unspecified atom stereocenters. The Kier molecular flexibility index (Phi) is 10.8. The number of hydrogen-bond acceptors (Lipinski definition) is 7. The molecule has 1 saturated heterocycles. The SMILES string of the molecule is CN(C)C(=O)C(Cc1ccccc1F)CN1CCC2(CC1)OCc1ccccc12.O=C(O)CC(O)(CC(=O)O)C(=O)O. The topological polar surface area (TPSA) is 165 Å². The molecule has 2 aromatic rings. The van der Waals surface area contributed by atoms with Gasteiger partial charge in [0, 0.05) is 33.7 Å². The number of carboxylic acid groups (broad SMARTS) is 3. The van der Waals surface area contributed by atoms with Crippen molar-refractivity contribution in [2.75, 3.05) is 33.7 Å². The molecule has 2 aliphatic heterocycles. The first-order chi connectivity index (χ1) is 19.8. The van der Waals surface area contributed by atoms with E-state index in [1.807, 2.05) is 6.07 Å². The number of ether oxygens (including phenoxy) is 1. The smallest absolute Gasteiger partial charge is 0.336 e. The Morgan fingerprint density at radius 3 is 2.10 bits per heavy atom. The van der Waals surface area contributed by atoms with E-state index in [0.717, 1.165) is 25.9 Å². The van der Waals surface area contributed by atoms with Crippen LogP contribution in [0, 0.1) is 11.7 Å². The summed E-state index contributed by atoms with van der Waals surface area (Å²) in [6.45, 7) is 3.08. The Labute approximate surface area is 243 Å². The van der Waals surface area contributed by atoms with E-state index in [2.05, 4.69) is 29.2 Å². The Bertz CT molecular complexity index is 1280. The molecule has 0 radical (unpaired) electrons. The van der Waals surface area contributed by atoms with Crippen molar-refractivity contribution >= 4 is 23.8 Å². The van der Waals surface area contributed by atoms with Crippen molar-refractivity contribution in [1.82, 2.24) is 9.80 Å². The number of nitrogens with zero attached hydrogens (tertiary/aromatic N) is 2. The van der Waals surface area contributed by atoms with E-state index < -0.39 is 36.4 Å². The first kappa shape index (κ1) is 32.6. The number of rotatable bonds is 10. The van der Waals surface area contributed by atoms with Gasteiger partial charge in [0.15, 0.2) is 5.60 Å². The van der Waals surface area contributed by atoms with Gasteiger partial charge in [0.1, 0.15) is 5.82 Å². The predicted octanol–water partition coefficient (Wildman–Crippen LogP) is 2.35. The average Bonchev–Trinajstić information content (AvgIpc) is 3.27. The molecule has 42 heavy (non-hydrogen) atoms. The Hall–Kier alpha value is -3.87. The van der Waals surface area contributed by atoms with Gasteiger partial charge >= 0.3 is 17.9 Å². The van der Waals surface area contributed by atoms with Gasteiger partial charge in [-0.2, -0.15) is 0 Å². The lowest BCUT2D eigenvalue weighted by molar-refractivity contribution is -0.170. The van der Waals surface area contributed by atoms with E-state index in [1.165, 1.54) is 17.2 Å². The van der Waals surface area contributed by atoms with Crippen LogP contribution < -0.4 is 0 Å². The van der Waals surface area contributed by atoms with Crippen molar-refractivity contribution in [3.8, 4) is 0 Å². The maximum atomic E-state index is 14.2. The summed E-state index contributed by atoms with van der Waals surface area (Å²) >= 11 is 0. The lowest BCUT2D eigenvalue weighted by Gasteiger charge is -2.40. The van der Waals surface area contributed by atoms with Gasteiger partial charge in [-0.1, -0.05) is 42.5 Å². The predicted molar refractivity (Wildman–Crippen MR) is 148 cm³/mol. The summed E-state index contributed by atoms with van der Waals surface area (Å²) in [6, 6.07) is 15.2. The molecule has 0 aliphatic carbocycles. The van der Waals surface area contributed by atoms with E-state index in [-0.39, 0.29) is 23.2 Å². The number of carbonyl (C=O) groups is 4. The van der Waals surface area contributed by atoms with Crippen molar-refractivity contribution in [3.05, 3.63) is 71.0 Å². The van der Waals surface area contributed by atoms with E-state index in [4.69, 9.17) is 25.2 Å². The summed E-state index contributed by atoms with van der Waals surface area (Å²) < 4.78 is 20.4. The van der Waals surface area contributed by atoms with E-state index in [0.29, 0.717) is 25.1 Å². The number of carboxylic acids is 3. The summed E-state index contributed by atoms with van der Waals surface area (Å²) in [7, 11) is 3.54. The second-order valence-electron chi connectivity index (χ2n) is 10.9. The Balaban J connectivity index is 0.000000316. The van der Waals surface area contributed by atoms with Crippen molar-refractivity contribution in [2.45, 2.75) is 49.9 Å². The van der Waals surface area contributed by atoms with Gasteiger partial charge in [0.2, 0.25) is 5.91 Å². The number of likely N-dealkylation sites (tertiary alicyclic amines) is 1. The van der Waals surface area contributed by atoms with Crippen LogP contribution in [0.4, 0.5) is 4.39 Å². The Morgan fingerprint density at radius 2 is 1.55 bits per heavy atom. The van der Waals surface area contributed by atoms with Gasteiger partial charge in [-0.3, -0.25) is 14.4 Å². The van der Waals surface area contributed by atoms with Crippen molar-refractivity contribution < 1.29 is 48.7 Å². The van der Waals surface area contributed by atoms with Crippen molar-refractivity contribution in [3.63, 3.8) is 0 Å². The van der Waals surface area contributed by atoms with Crippen LogP contribution in [-0.4, -0.2) is 93.4 Å². The number of halogens is 1. The third kappa shape index (κ3) is 8.11. The summed E-state index contributed by atoms with van der Waals surface area (Å²) in [5, 5.41) is 33.8. The van der Waals surface area contributed by atoms with Gasteiger partial charge in [-0.15, -0.1) is 0 Å².